The lowest BCUT2D eigenvalue weighted by Crippen LogP contribution is -2.07. The molecule has 1 aromatic carbocycles. The monoisotopic (exact) mass is 226 g/mol. The van der Waals surface area contributed by atoms with Crippen LogP contribution in [-0.4, -0.2) is 15.0 Å². The van der Waals surface area contributed by atoms with Crippen molar-refractivity contribution in [3.05, 3.63) is 46.9 Å². The quantitative estimate of drug-likeness (QED) is 0.549. The standard InChI is InChI=1S/C12H10N4O/c13-7-3-4-9-10(6-7)16-11(15-9)8-2-1-5-14-12(8)17/h1-6H,13H2,(H,14,17)(H,15,16). The third kappa shape index (κ3) is 1.57. The van der Waals surface area contributed by atoms with Crippen LogP contribution in [0.2, 0.25) is 0 Å². The highest BCUT2D eigenvalue weighted by molar-refractivity contribution is 5.82. The van der Waals surface area contributed by atoms with Crippen LogP contribution in [0.25, 0.3) is 22.4 Å². The maximum Gasteiger partial charge on any atom is 0.258 e. The maximum absolute atomic E-state index is 11.6. The first-order valence-electron chi connectivity index (χ1n) is 5.17. The normalized spacial score (nSPS) is 10.8. The maximum atomic E-state index is 11.6. The van der Waals surface area contributed by atoms with Gasteiger partial charge in [-0.15, -0.1) is 0 Å². The van der Waals surface area contributed by atoms with E-state index in [2.05, 4.69) is 15.0 Å². The summed E-state index contributed by atoms with van der Waals surface area (Å²) in [6, 6.07) is 8.89. The summed E-state index contributed by atoms with van der Waals surface area (Å²) in [5.41, 5.74) is 8.29. The summed E-state index contributed by atoms with van der Waals surface area (Å²) in [6.45, 7) is 0. The number of fused-ring (bicyclic) bond motifs is 1. The number of imidazole rings is 1. The molecular weight excluding hydrogens is 216 g/mol. The average molecular weight is 226 g/mol. The van der Waals surface area contributed by atoms with Crippen molar-refractivity contribution in [2.24, 2.45) is 0 Å². The summed E-state index contributed by atoms with van der Waals surface area (Å²) in [6.07, 6.45) is 1.59. The molecule has 0 aliphatic rings. The minimum absolute atomic E-state index is 0.167. The number of rotatable bonds is 1. The molecule has 2 heterocycles. The van der Waals surface area contributed by atoms with Crippen LogP contribution in [0.15, 0.2) is 41.3 Å². The second-order valence-electron chi connectivity index (χ2n) is 3.77. The van der Waals surface area contributed by atoms with E-state index in [0.717, 1.165) is 11.0 Å². The topological polar surface area (TPSA) is 87.6 Å². The summed E-state index contributed by atoms with van der Waals surface area (Å²) < 4.78 is 0. The number of pyridine rings is 1. The number of anilines is 1. The van der Waals surface area contributed by atoms with Gasteiger partial charge in [0.05, 0.1) is 16.6 Å². The lowest BCUT2D eigenvalue weighted by Gasteiger charge is -1.92. The van der Waals surface area contributed by atoms with Gasteiger partial charge >= 0.3 is 0 Å². The molecule has 0 aliphatic heterocycles. The van der Waals surface area contributed by atoms with Crippen LogP contribution in [0.1, 0.15) is 0 Å². The zero-order chi connectivity index (χ0) is 11.8. The van der Waals surface area contributed by atoms with E-state index in [0.29, 0.717) is 17.1 Å². The van der Waals surface area contributed by atoms with Gasteiger partial charge in [-0.2, -0.15) is 0 Å². The Labute approximate surface area is 96.3 Å². The molecule has 0 fully saturated rings. The fourth-order valence-electron chi connectivity index (χ4n) is 1.76. The molecule has 0 spiro atoms. The molecule has 0 atom stereocenters. The Kier molecular flexibility index (Phi) is 1.98. The number of nitrogen functional groups attached to an aromatic ring is 1. The first kappa shape index (κ1) is 9.65. The third-order valence-electron chi connectivity index (χ3n) is 2.58. The number of nitrogens with two attached hydrogens (primary N) is 1. The molecule has 0 saturated heterocycles. The van der Waals surface area contributed by atoms with Gasteiger partial charge in [-0.25, -0.2) is 4.98 Å². The smallest absolute Gasteiger partial charge is 0.258 e. The second-order valence-corrected chi connectivity index (χ2v) is 3.77. The molecule has 2 aromatic heterocycles. The van der Waals surface area contributed by atoms with Crippen LogP contribution in [0, 0.1) is 0 Å². The third-order valence-corrected chi connectivity index (χ3v) is 2.58. The summed E-state index contributed by atoms with van der Waals surface area (Å²) in [7, 11) is 0. The average Bonchev–Trinajstić information content (AvgIpc) is 2.72. The van der Waals surface area contributed by atoms with Crippen LogP contribution in [-0.2, 0) is 0 Å². The van der Waals surface area contributed by atoms with Crippen molar-refractivity contribution in [1.82, 2.24) is 15.0 Å². The number of nitrogens with one attached hydrogen (secondary N) is 2. The van der Waals surface area contributed by atoms with E-state index in [9.17, 15) is 4.79 Å². The van der Waals surface area contributed by atoms with Crippen LogP contribution < -0.4 is 11.3 Å². The van der Waals surface area contributed by atoms with Gasteiger partial charge in [-0.3, -0.25) is 4.79 Å². The molecule has 5 heteroatoms. The van der Waals surface area contributed by atoms with E-state index in [1.807, 2.05) is 6.07 Å². The molecule has 0 bridgehead atoms. The summed E-state index contributed by atoms with van der Waals surface area (Å²) in [4.78, 5) is 21.7. The molecule has 3 aromatic rings. The number of hydrogen-bond acceptors (Lipinski definition) is 3. The van der Waals surface area contributed by atoms with Gasteiger partial charge in [0.25, 0.3) is 5.56 Å². The molecule has 84 valence electrons. The van der Waals surface area contributed by atoms with Crippen LogP contribution in [0.5, 0.6) is 0 Å². The van der Waals surface area contributed by atoms with E-state index in [1.165, 1.54) is 0 Å². The number of H-pyrrole nitrogens is 2. The Morgan fingerprint density at radius 3 is 2.94 bits per heavy atom. The van der Waals surface area contributed by atoms with Gasteiger partial charge in [0.15, 0.2) is 0 Å². The summed E-state index contributed by atoms with van der Waals surface area (Å²) in [5.74, 6) is 0.549. The van der Waals surface area contributed by atoms with E-state index >= 15 is 0 Å². The first-order valence-corrected chi connectivity index (χ1v) is 5.17. The Bertz CT molecular complexity index is 741. The Morgan fingerprint density at radius 2 is 2.12 bits per heavy atom. The summed E-state index contributed by atoms with van der Waals surface area (Å²) in [5, 5.41) is 0. The van der Waals surface area contributed by atoms with E-state index in [1.54, 1.807) is 30.5 Å². The molecule has 5 nitrogen and oxygen atoms in total. The Balaban J connectivity index is 2.25. The van der Waals surface area contributed by atoms with Gasteiger partial charge in [-0.1, -0.05) is 0 Å². The number of nitrogens with zero attached hydrogens (tertiary/aromatic N) is 1. The van der Waals surface area contributed by atoms with Crippen LogP contribution >= 0.6 is 0 Å². The highest BCUT2D eigenvalue weighted by Gasteiger charge is 2.08. The molecule has 3 rings (SSSR count). The molecule has 17 heavy (non-hydrogen) atoms. The van der Waals surface area contributed by atoms with Crippen molar-refractivity contribution in [1.29, 1.82) is 0 Å². The van der Waals surface area contributed by atoms with E-state index in [4.69, 9.17) is 5.73 Å². The second kappa shape index (κ2) is 3.48. The fourth-order valence-corrected chi connectivity index (χ4v) is 1.76. The van der Waals surface area contributed by atoms with Gasteiger partial charge in [0.1, 0.15) is 5.82 Å². The minimum Gasteiger partial charge on any atom is -0.399 e. The van der Waals surface area contributed by atoms with Crippen molar-refractivity contribution in [2.45, 2.75) is 0 Å². The van der Waals surface area contributed by atoms with Crippen molar-refractivity contribution in [3.8, 4) is 11.4 Å². The van der Waals surface area contributed by atoms with Crippen LogP contribution in [0.4, 0.5) is 5.69 Å². The predicted octanol–water partition coefficient (Wildman–Crippen LogP) is 1.50. The zero-order valence-corrected chi connectivity index (χ0v) is 8.90. The molecule has 0 amide bonds. The van der Waals surface area contributed by atoms with Crippen molar-refractivity contribution in [2.75, 3.05) is 5.73 Å². The van der Waals surface area contributed by atoms with E-state index in [-0.39, 0.29) is 5.56 Å². The summed E-state index contributed by atoms with van der Waals surface area (Å²) >= 11 is 0. The number of aromatic nitrogens is 3. The predicted molar refractivity (Wildman–Crippen MR) is 66.6 cm³/mol. The minimum atomic E-state index is -0.167. The van der Waals surface area contributed by atoms with Gasteiger partial charge < -0.3 is 15.7 Å². The SMILES string of the molecule is Nc1ccc2[nH]c(-c3ccc[nH]c3=O)nc2c1. The number of benzene rings is 1. The fraction of sp³-hybridized carbons (Fsp3) is 0. The number of aromatic amines is 2. The number of hydrogen-bond donors (Lipinski definition) is 3. The van der Waals surface area contributed by atoms with Crippen LogP contribution in [0.3, 0.4) is 0 Å². The van der Waals surface area contributed by atoms with Crippen molar-refractivity contribution in [3.63, 3.8) is 0 Å². The lowest BCUT2D eigenvalue weighted by molar-refractivity contribution is 1.21. The zero-order valence-electron chi connectivity index (χ0n) is 8.90. The molecule has 0 saturated carbocycles. The Hall–Kier alpha value is -2.56. The van der Waals surface area contributed by atoms with Gasteiger partial charge in [0, 0.05) is 11.9 Å². The lowest BCUT2D eigenvalue weighted by atomic mass is 10.3. The molecular formula is C12H10N4O. The molecule has 0 unspecified atom stereocenters. The first-order chi connectivity index (χ1) is 8.24. The van der Waals surface area contributed by atoms with Gasteiger partial charge in [-0.05, 0) is 30.3 Å². The largest absolute Gasteiger partial charge is 0.399 e. The van der Waals surface area contributed by atoms with Crippen molar-refractivity contribution >= 4 is 16.7 Å². The molecule has 4 N–H and O–H groups in total. The molecule has 0 aliphatic carbocycles. The van der Waals surface area contributed by atoms with E-state index < -0.39 is 0 Å². The molecule has 0 radical (unpaired) electrons. The highest BCUT2D eigenvalue weighted by atomic mass is 16.1. The Morgan fingerprint density at radius 1 is 1.24 bits per heavy atom. The van der Waals surface area contributed by atoms with Crippen molar-refractivity contribution < 1.29 is 0 Å². The van der Waals surface area contributed by atoms with Gasteiger partial charge in [0.2, 0.25) is 0 Å². The highest BCUT2D eigenvalue weighted by Crippen LogP contribution is 2.19.